The minimum atomic E-state index is 0.0961. The molecule has 0 unspecified atom stereocenters. The number of rotatable bonds is 1. The molecule has 21 heavy (non-hydrogen) atoms. The summed E-state index contributed by atoms with van der Waals surface area (Å²) in [5.74, 6) is 0. The molecule has 0 bridgehead atoms. The summed E-state index contributed by atoms with van der Waals surface area (Å²) in [6.45, 7) is 13.6. The lowest BCUT2D eigenvalue weighted by Crippen LogP contribution is -2.17. The SMILES string of the molecule is CC(C)(C)c1ccc(-c2cccc(Cl)c2)c(C(C)(C)C)c1. The summed E-state index contributed by atoms with van der Waals surface area (Å²) < 4.78 is 0. The predicted molar refractivity (Wildman–Crippen MR) is 94.3 cm³/mol. The lowest BCUT2D eigenvalue weighted by molar-refractivity contribution is 0.570. The van der Waals surface area contributed by atoms with Crippen molar-refractivity contribution in [3.63, 3.8) is 0 Å². The Labute approximate surface area is 134 Å². The van der Waals surface area contributed by atoms with Gasteiger partial charge in [0.15, 0.2) is 0 Å². The zero-order chi connectivity index (χ0) is 15.8. The van der Waals surface area contributed by atoms with Crippen LogP contribution >= 0.6 is 11.6 Å². The summed E-state index contributed by atoms with van der Waals surface area (Å²) in [6, 6.07) is 15.0. The third kappa shape index (κ3) is 3.68. The third-order valence-corrected chi connectivity index (χ3v) is 4.06. The van der Waals surface area contributed by atoms with Crippen LogP contribution in [-0.2, 0) is 10.8 Å². The Bertz CT molecular complexity index is 640. The second kappa shape index (κ2) is 5.50. The highest BCUT2D eigenvalue weighted by Gasteiger charge is 2.22. The van der Waals surface area contributed by atoms with Gasteiger partial charge in [0.25, 0.3) is 0 Å². The maximum absolute atomic E-state index is 6.17. The smallest absolute Gasteiger partial charge is 0.0412 e. The van der Waals surface area contributed by atoms with E-state index in [9.17, 15) is 0 Å². The molecule has 0 heterocycles. The standard InChI is InChI=1S/C20H25Cl/c1-19(2,3)15-10-11-17(18(13-15)20(4,5)6)14-8-7-9-16(21)12-14/h7-13H,1-6H3. The lowest BCUT2D eigenvalue weighted by Gasteiger charge is -2.27. The van der Waals surface area contributed by atoms with Gasteiger partial charge in [0.1, 0.15) is 0 Å². The summed E-state index contributed by atoms with van der Waals surface area (Å²) in [4.78, 5) is 0. The largest absolute Gasteiger partial charge is 0.0843 e. The van der Waals surface area contributed by atoms with Crippen LogP contribution in [0.3, 0.4) is 0 Å². The van der Waals surface area contributed by atoms with Crippen LogP contribution in [0.2, 0.25) is 5.02 Å². The molecule has 0 aromatic heterocycles. The minimum absolute atomic E-state index is 0.0961. The molecule has 0 spiro atoms. The van der Waals surface area contributed by atoms with Crippen LogP contribution in [0.1, 0.15) is 52.7 Å². The highest BCUT2D eigenvalue weighted by Crippen LogP contribution is 2.37. The Morgan fingerprint density at radius 2 is 1.43 bits per heavy atom. The highest BCUT2D eigenvalue weighted by atomic mass is 35.5. The predicted octanol–water partition coefficient (Wildman–Crippen LogP) is 6.60. The van der Waals surface area contributed by atoms with Crippen LogP contribution in [-0.4, -0.2) is 0 Å². The summed E-state index contributed by atoms with van der Waals surface area (Å²) >= 11 is 6.17. The second-order valence-electron chi connectivity index (χ2n) is 7.77. The molecule has 0 atom stereocenters. The quantitative estimate of drug-likeness (QED) is 0.556. The monoisotopic (exact) mass is 300 g/mol. The van der Waals surface area contributed by atoms with Crippen LogP contribution in [0.15, 0.2) is 42.5 Å². The molecule has 0 saturated carbocycles. The van der Waals surface area contributed by atoms with Crippen LogP contribution in [0.5, 0.6) is 0 Å². The molecule has 2 aromatic carbocycles. The average Bonchev–Trinajstić information content (AvgIpc) is 2.36. The van der Waals surface area contributed by atoms with Gasteiger partial charge in [-0.05, 0) is 45.2 Å². The van der Waals surface area contributed by atoms with E-state index in [1.54, 1.807) is 0 Å². The molecule has 0 N–H and O–H groups in total. The molecule has 0 aliphatic heterocycles. The summed E-state index contributed by atoms with van der Waals surface area (Å²) in [6.07, 6.45) is 0. The first kappa shape index (κ1) is 16.1. The van der Waals surface area contributed by atoms with Crippen molar-refractivity contribution in [3.8, 4) is 11.1 Å². The van der Waals surface area contributed by atoms with Crippen molar-refractivity contribution in [2.24, 2.45) is 0 Å². The van der Waals surface area contributed by atoms with Gasteiger partial charge in [-0.3, -0.25) is 0 Å². The Kier molecular flexibility index (Phi) is 4.22. The van der Waals surface area contributed by atoms with Gasteiger partial charge >= 0.3 is 0 Å². The molecule has 112 valence electrons. The number of halogens is 1. The van der Waals surface area contributed by atoms with Gasteiger partial charge in [0.2, 0.25) is 0 Å². The molecule has 0 aliphatic carbocycles. The van der Waals surface area contributed by atoms with Crippen molar-refractivity contribution < 1.29 is 0 Å². The van der Waals surface area contributed by atoms with E-state index >= 15 is 0 Å². The lowest BCUT2D eigenvalue weighted by atomic mass is 9.77. The molecule has 0 fully saturated rings. The van der Waals surface area contributed by atoms with E-state index in [1.807, 2.05) is 18.2 Å². The number of hydrogen-bond acceptors (Lipinski definition) is 0. The molecule has 0 amide bonds. The van der Waals surface area contributed by atoms with Crippen molar-refractivity contribution in [2.45, 2.75) is 52.4 Å². The van der Waals surface area contributed by atoms with Gasteiger partial charge in [-0.15, -0.1) is 0 Å². The van der Waals surface area contributed by atoms with Crippen molar-refractivity contribution in [1.82, 2.24) is 0 Å². The third-order valence-electron chi connectivity index (χ3n) is 3.83. The van der Waals surface area contributed by atoms with Gasteiger partial charge in [0.05, 0.1) is 0 Å². The van der Waals surface area contributed by atoms with E-state index in [0.717, 1.165) is 5.02 Å². The molecular weight excluding hydrogens is 276 g/mol. The fourth-order valence-corrected chi connectivity index (χ4v) is 2.73. The summed E-state index contributed by atoms with van der Waals surface area (Å²) in [5.41, 5.74) is 5.47. The molecule has 1 heteroatoms. The Morgan fingerprint density at radius 3 is 1.95 bits per heavy atom. The van der Waals surface area contributed by atoms with Gasteiger partial charge < -0.3 is 0 Å². The van der Waals surface area contributed by atoms with E-state index in [1.165, 1.54) is 22.3 Å². The maximum atomic E-state index is 6.17. The van der Waals surface area contributed by atoms with Crippen molar-refractivity contribution in [1.29, 1.82) is 0 Å². The van der Waals surface area contributed by atoms with Crippen molar-refractivity contribution >= 4 is 11.6 Å². The van der Waals surface area contributed by atoms with E-state index in [2.05, 4.69) is 65.8 Å². The zero-order valence-corrected chi connectivity index (χ0v) is 14.7. The first-order valence-corrected chi connectivity index (χ1v) is 7.88. The Morgan fingerprint density at radius 1 is 0.762 bits per heavy atom. The normalized spacial score (nSPS) is 12.5. The molecule has 2 aromatic rings. The fourth-order valence-electron chi connectivity index (χ4n) is 2.54. The summed E-state index contributed by atoms with van der Waals surface area (Å²) in [7, 11) is 0. The summed E-state index contributed by atoms with van der Waals surface area (Å²) in [5, 5.41) is 0.784. The molecule has 0 saturated heterocycles. The van der Waals surface area contributed by atoms with Crippen LogP contribution in [0.4, 0.5) is 0 Å². The van der Waals surface area contributed by atoms with Crippen LogP contribution < -0.4 is 0 Å². The van der Waals surface area contributed by atoms with Crippen molar-refractivity contribution in [3.05, 3.63) is 58.6 Å². The first-order valence-electron chi connectivity index (χ1n) is 7.50. The van der Waals surface area contributed by atoms with Crippen LogP contribution in [0.25, 0.3) is 11.1 Å². The van der Waals surface area contributed by atoms with Gasteiger partial charge in [-0.1, -0.05) is 83.5 Å². The Hall–Kier alpha value is -1.27. The Balaban J connectivity index is 2.67. The minimum Gasteiger partial charge on any atom is -0.0843 e. The zero-order valence-electron chi connectivity index (χ0n) is 13.9. The second-order valence-corrected chi connectivity index (χ2v) is 8.21. The van der Waals surface area contributed by atoms with Crippen molar-refractivity contribution in [2.75, 3.05) is 0 Å². The maximum Gasteiger partial charge on any atom is 0.0412 e. The van der Waals surface area contributed by atoms with E-state index in [-0.39, 0.29) is 10.8 Å². The molecule has 0 radical (unpaired) electrons. The molecule has 0 nitrogen and oxygen atoms in total. The average molecular weight is 301 g/mol. The molecule has 2 rings (SSSR count). The number of hydrogen-bond donors (Lipinski definition) is 0. The first-order chi connectivity index (χ1) is 9.59. The topological polar surface area (TPSA) is 0 Å². The fraction of sp³-hybridized carbons (Fsp3) is 0.400. The van der Waals surface area contributed by atoms with E-state index in [0.29, 0.717) is 0 Å². The molecular formula is C20H25Cl. The van der Waals surface area contributed by atoms with Gasteiger partial charge in [-0.25, -0.2) is 0 Å². The van der Waals surface area contributed by atoms with Crippen LogP contribution in [0, 0.1) is 0 Å². The van der Waals surface area contributed by atoms with E-state index < -0.39 is 0 Å². The van der Waals surface area contributed by atoms with E-state index in [4.69, 9.17) is 11.6 Å². The highest BCUT2D eigenvalue weighted by molar-refractivity contribution is 6.30. The molecule has 0 aliphatic rings. The van der Waals surface area contributed by atoms with Gasteiger partial charge in [0, 0.05) is 5.02 Å². The van der Waals surface area contributed by atoms with Gasteiger partial charge in [-0.2, -0.15) is 0 Å². The number of benzene rings is 2.